The number of nitrogens with zero attached hydrogens (tertiary/aromatic N) is 1. The van der Waals surface area contributed by atoms with Crippen LogP contribution in [0.1, 0.15) is 21.5 Å². The van der Waals surface area contributed by atoms with Gasteiger partial charge < -0.3 is 20.4 Å². The Morgan fingerprint density at radius 1 is 1.00 bits per heavy atom. The highest BCUT2D eigenvalue weighted by atomic mass is 35.5. The van der Waals surface area contributed by atoms with Crippen LogP contribution < -0.4 is 10.6 Å². The normalized spacial score (nSPS) is 11.9. The second-order valence-electron chi connectivity index (χ2n) is 7.95. The van der Waals surface area contributed by atoms with Gasteiger partial charge in [0.05, 0.1) is 23.4 Å². The molecule has 9 nitrogen and oxygen atoms in total. The molecule has 0 saturated carbocycles. The quantitative estimate of drug-likeness (QED) is 0.204. The van der Waals surface area contributed by atoms with Gasteiger partial charge in [-0.05, 0) is 54.1 Å². The number of phosphoric acid groups is 1. The van der Waals surface area contributed by atoms with Gasteiger partial charge >= 0.3 is 20.0 Å². The van der Waals surface area contributed by atoms with Crippen molar-refractivity contribution in [3.05, 3.63) is 94.6 Å². The summed E-state index contributed by atoms with van der Waals surface area (Å²) in [5.74, 6) is -0.585. The zero-order valence-corrected chi connectivity index (χ0v) is 20.7. The summed E-state index contributed by atoms with van der Waals surface area (Å²) in [5.41, 5.74) is 0.0670. The molecule has 0 atom stereocenters. The zero-order chi connectivity index (χ0) is 27.7. The van der Waals surface area contributed by atoms with Crippen molar-refractivity contribution in [3.63, 3.8) is 0 Å². The largest absolute Gasteiger partial charge is 0.469 e. The monoisotopic (exact) mass is 567 g/mol. The van der Waals surface area contributed by atoms with E-state index in [1.807, 2.05) is 0 Å². The van der Waals surface area contributed by atoms with Crippen molar-refractivity contribution >= 4 is 53.6 Å². The van der Waals surface area contributed by atoms with Gasteiger partial charge in [-0.2, -0.15) is 13.2 Å². The summed E-state index contributed by atoms with van der Waals surface area (Å²) in [7, 11) is -4.79. The van der Waals surface area contributed by atoms with E-state index < -0.39 is 38.1 Å². The van der Waals surface area contributed by atoms with Crippen molar-refractivity contribution in [2.24, 2.45) is 0 Å². The lowest BCUT2D eigenvalue weighted by Crippen LogP contribution is -2.19. The van der Waals surface area contributed by atoms with Gasteiger partial charge in [0.1, 0.15) is 0 Å². The van der Waals surface area contributed by atoms with Crippen molar-refractivity contribution in [1.29, 1.82) is 0 Å². The molecule has 198 valence electrons. The third-order valence-corrected chi connectivity index (χ3v) is 6.04. The Morgan fingerprint density at radius 3 is 2.34 bits per heavy atom. The summed E-state index contributed by atoms with van der Waals surface area (Å²) >= 11 is 6.12. The summed E-state index contributed by atoms with van der Waals surface area (Å²) < 4.78 is 55.2. The highest BCUT2D eigenvalue weighted by molar-refractivity contribution is 7.46. The number of benzene rings is 3. The molecule has 14 heteroatoms. The predicted molar refractivity (Wildman–Crippen MR) is 134 cm³/mol. The molecule has 1 aromatic heterocycles. The van der Waals surface area contributed by atoms with Crippen molar-refractivity contribution < 1.29 is 41.6 Å². The van der Waals surface area contributed by atoms with Gasteiger partial charge in [0.2, 0.25) is 0 Å². The number of hydrogen-bond donors (Lipinski definition) is 4. The zero-order valence-electron chi connectivity index (χ0n) is 19.1. The summed E-state index contributed by atoms with van der Waals surface area (Å²) in [6.45, 7) is -0.530. The van der Waals surface area contributed by atoms with Gasteiger partial charge in [-0.3, -0.25) is 13.9 Å². The molecule has 4 rings (SSSR count). The fourth-order valence-corrected chi connectivity index (χ4v) is 4.11. The van der Waals surface area contributed by atoms with E-state index in [9.17, 15) is 27.3 Å². The number of phosphoric ester groups is 1. The predicted octanol–water partition coefficient (Wildman–Crippen LogP) is 6.26. The first-order valence-corrected chi connectivity index (χ1v) is 12.6. The van der Waals surface area contributed by atoms with E-state index >= 15 is 0 Å². The Hall–Kier alpha value is -3.67. The van der Waals surface area contributed by atoms with Crippen LogP contribution in [-0.4, -0.2) is 26.3 Å². The summed E-state index contributed by atoms with van der Waals surface area (Å²) in [5, 5.41) is 5.68. The number of anilines is 2. The Kier molecular flexibility index (Phi) is 7.63. The Balaban J connectivity index is 1.63. The van der Waals surface area contributed by atoms with Crippen LogP contribution in [-0.2, 0) is 21.9 Å². The van der Waals surface area contributed by atoms with Crippen molar-refractivity contribution in [1.82, 2.24) is 4.57 Å². The summed E-state index contributed by atoms with van der Waals surface area (Å²) in [4.78, 5) is 44.1. The van der Waals surface area contributed by atoms with E-state index in [0.29, 0.717) is 15.9 Å². The molecule has 1 heterocycles. The third-order valence-electron chi connectivity index (χ3n) is 5.34. The van der Waals surface area contributed by atoms with Gasteiger partial charge in [-0.1, -0.05) is 29.8 Å². The molecule has 0 fully saturated rings. The number of fused-ring (bicyclic) bond motifs is 1. The number of carbonyl (C=O) groups is 2. The number of alkyl halides is 3. The van der Waals surface area contributed by atoms with E-state index in [2.05, 4.69) is 15.2 Å². The number of halogens is 4. The average molecular weight is 568 g/mol. The molecule has 0 radical (unpaired) electrons. The first-order valence-electron chi connectivity index (χ1n) is 10.7. The fourth-order valence-electron chi connectivity index (χ4n) is 3.64. The van der Waals surface area contributed by atoms with Crippen molar-refractivity contribution in [2.75, 3.05) is 10.6 Å². The first-order chi connectivity index (χ1) is 17.8. The molecule has 2 amide bonds. The maximum Gasteiger partial charge on any atom is 0.469 e. The maximum atomic E-state index is 13.5. The van der Waals surface area contributed by atoms with Crippen LogP contribution in [0.25, 0.3) is 10.9 Å². The topological polar surface area (TPSA) is 130 Å². The average Bonchev–Trinajstić information content (AvgIpc) is 3.19. The van der Waals surface area contributed by atoms with Gasteiger partial charge in [0.25, 0.3) is 5.91 Å². The summed E-state index contributed by atoms with van der Waals surface area (Å²) in [6, 6.07) is 13.7. The highest BCUT2D eigenvalue weighted by Crippen LogP contribution is 2.37. The molecular weight excluding hydrogens is 550 g/mol. The number of amides is 2. The van der Waals surface area contributed by atoms with Crippen molar-refractivity contribution in [2.45, 2.75) is 12.8 Å². The number of carbonyl (C=O) groups excluding carboxylic acids is 2. The van der Waals surface area contributed by atoms with Crippen LogP contribution in [0.5, 0.6) is 0 Å². The van der Waals surface area contributed by atoms with Crippen LogP contribution in [0.15, 0.2) is 72.9 Å². The second-order valence-corrected chi connectivity index (χ2v) is 9.63. The number of rotatable bonds is 6. The van der Waals surface area contributed by atoms with Gasteiger partial charge in [-0.15, -0.1) is 0 Å². The maximum absolute atomic E-state index is 13.5. The van der Waals surface area contributed by atoms with E-state index in [1.54, 1.807) is 18.2 Å². The summed E-state index contributed by atoms with van der Waals surface area (Å²) in [6.07, 6.45) is -3.19. The second kappa shape index (κ2) is 10.6. The first kappa shape index (κ1) is 27.4. The minimum atomic E-state index is -4.79. The molecule has 0 saturated heterocycles. The Morgan fingerprint density at radius 2 is 1.68 bits per heavy atom. The van der Waals surface area contributed by atoms with E-state index in [4.69, 9.17) is 21.4 Å². The highest BCUT2D eigenvalue weighted by Gasteiger charge is 2.30. The van der Waals surface area contributed by atoms with Crippen LogP contribution in [0.3, 0.4) is 0 Å². The van der Waals surface area contributed by atoms with Gasteiger partial charge in [-0.25, -0.2) is 9.36 Å². The van der Waals surface area contributed by atoms with Gasteiger partial charge in [0.15, 0.2) is 0 Å². The van der Waals surface area contributed by atoms with E-state index in [1.165, 1.54) is 35.0 Å². The number of aromatic nitrogens is 1. The molecule has 4 N–H and O–H groups in total. The minimum Gasteiger partial charge on any atom is -0.308 e. The number of urea groups is 1. The SMILES string of the molecule is O=C(Nc1ccc(C(F)(F)F)cc1)Nc1cn(C(=O)c2ccccc2COP(=O)(O)O)c2ccc(Cl)cc12. The standard InChI is InChI=1S/C24H18ClF3N3O6P/c25-16-7-10-21-19(11-16)20(30-23(33)29-17-8-5-15(6-9-17)24(26,27)28)12-31(21)22(32)18-4-2-1-3-14(18)13-37-38(34,35)36/h1-12H,13H2,(H2,29,30,33)(H2,34,35,36). The van der Waals surface area contributed by atoms with Crippen LogP contribution in [0.4, 0.5) is 29.3 Å². The molecule has 38 heavy (non-hydrogen) atoms. The smallest absolute Gasteiger partial charge is 0.308 e. The molecular formula is C24H18ClF3N3O6P. The lowest BCUT2D eigenvalue weighted by atomic mass is 10.1. The van der Waals surface area contributed by atoms with E-state index in [0.717, 1.165) is 24.3 Å². The molecule has 0 aliphatic heterocycles. The van der Waals surface area contributed by atoms with E-state index in [-0.39, 0.29) is 22.5 Å². The molecule has 0 aliphatic carbocycles. The molecule has 0 bridgehead atoms. The molecule has 4 aromatic rings. The fraction of sp³-hybridized carbons (Fsp3) is 0.0833. The van der Waals surface area contributed by atoms with Gasteiger partial charge in [0, 0.05) is 27.9 Å². The van der Waals surface area contributed by atoms with Crippen molar-refractivity contribution in [3.8, 4) is 0 Å². The Bertz CT molecular complexity index is 1570. The third kappa shape index (κ3) is 6.42. The molecule has 0 spiro atoms. The lowest BCUT2D eigenvalue weighted by Gasteiger charge is -2.11. The lowest BCUT2D eigenvalue weighted by molar-refractivity contribution is -0.137. The van der Waals surface area contributed by atoms with Crippen LogP contribution >= 0.6 is 19.4 Å². The molecule has 0 unspecified atom stereocenters. The molecule has 3 aromatic carbocycles. The number of nitrogens with one attached hydrogen (secondary N) is 2. The van der Waals surface area contributed by atoms with Crippen LogP contribution in [0.2, 0.25) is 5.02 Å². The molecule has 0 aliphatic rings. The Labute approximate surface area is 218 Å². The number of hydrogen-bond acceptors (Lipinski definition) is 4. The van der Waals surface area contributed by atoms with Crippen LogP contribution in [0, 0.1) is 0 Å². The minimum absolute atomic E-state index is 0.0913.